The summed E-state index contributed by atoms with van der Waals surface area (Å²) >= 11 is 0. The summed E-state index contributed by atoms with van der Waals surface area (Å²) in [5.41, 5.74) is 0.488. The van der Waals surface area contributed by atoms with E-state index in [0.29, 0.717) is 17.7 Å². The van der Waals surface area contributed by atoms with E-state index < -0.39 is 11.1 Å². The lowest BCUT2D eigenvalue weighted by atomic mass is 10.0. The SMILES string of the molecule is C[C@@H](CNC(=O)Cn1c(=O)c(=O)n(C)c2ncccc21)c1ccccc1. The molecule has 134 valence electrons. The number of amides is 1. The molecule has 0 aliphatic rings. The van der Waals surface area contributed by atoms with E-state index in [1.807, 2.05) is 37.3 Å². The van der Waals surface area contributed by atoms with Crippen molar-refractivity contribution in [2.24, 2.45) is 7.05 Å². The van der Waals surface area contributed by atoms with Gasteiger partial charge >= 0.3 is 11.1 Å². The second-order valence-electron chi connectivity index (χ2n) is 6.22. The minimum Gasteiger partial charge on any atom is -0.354 e. The van der Waals surface area contributed by atoms with Crippen molar-refractivity contribution in [1.29, 1.82) is 0 Å². The van der Waals surface area contributed by atoms with Crippen molar-refractivity contribution in [1.82, 2.24) is 19.4 Å². The Balaban J connectivity index is 1.80. The van der Waals surface area contributed by atoms with Crippen molar-refractivity contribution < 1.29 is 4.79 Å². The Hall–Kier alpha value is -3.22. The van der Waals surface area contributed by atoms with Gasteiger partial charge in [-0.15, -0.1) is 0 Å². The topological polar surface area (TPSA) is 86.0 Å². The molecule has 1 aromatic carbocycles. The fourth-order valence-corrected chi connectivity index (χ4v) is 2.84. The quantitative estimate of drug-likeness (QED) is 0.695. The van der Waals surface area contributed by atoms with Crippen LogP contribution in [0, 0.1) is 0 Å². The summed E-state index contributed by atoms with van der Waals surface area (Å²) in [4.78, 5) is 40.9. The predicted octanol–water partition coefficient (Wildman–Crippen LogP) is 1.02. The fourth-order valence-electron chi connectivity index (χ4n) is 2.84. The molecule has 1 atom stereocenters. The molecule has 1 N–H and O–H groups in total. The first-order valence-electron chi connectivity index (χ1n) is 8.35. The number of aromatic nitrogens is 3. The second kappa shape index (κ2) is 7.35. The number of fused-ring (bicyclic) bond motifs is 1. The number of benzene rings is 1. The smallest absolute Gasteiger partial charge is 0.317 e. The monoisotopic (exact) mass is 352 g/mol. The normalized spacial score (nSPS) is 12.1. The first kappa shape index (κ1) is 17.6. The number of nitrogens with one attached hydrogen (secondary N) is 1. The summed E-state index contributed by atoms with van der Waals surface area (Å²) < 4.78 is 2.37. The average molecular weight is 352 g/mol. The molecule has 3 aromatic rings. The van der Waals surface area contributed by atoms with Crippen LogP contribution in [0.1, 0.15) is 18.4 Å². The van der Waals surface area contributed by atoms with E-state index in [2.05, 4.69) is 10.3 Å². The van der Waals surface area contributed by atoms with Crippen molar-refractivity contribution in [3.8, 4) is 0 Å². The highest BCUT2D eigenvalue weighted by atomic mass is 16.2. The van der Waals surface area contributed by atoms with Crippen LogP contribution in [0.3, 0.4) is 0 Å². The van der Waals surface area contributed by atoms with Gasteiger partial charge in [0.15, 0.2) is 5.65 Å². The van der Waals surface area contributed by atoms with Gasteiger partial charge in [0.25, 0.3) is 0 Å². The van der Waals surface area contributed by atoms with Crippen LogP contribution >= 0.6 is 0 Å². The maximum absolute atomic E-state index is 12.3. The van der Waals surface area contributed by atoms with E-state index in [0.717, 1.165) is 5.56 Å². The molecule has 7 heteroatoms. The number of carbonyl (C=O) groups is 1. The molecule has 0 spiro atoms. The van der Waals surface area contributed by atoms with Crippen LogP contribution in [0.5, 0.6) is 0 Å². The van der Waals surface area contributed by atoms with Gasteiger partial charge in [0.05, 0.1) is 5.52 Å². The highest BCUT2D eigenvalue weighted by Gasteiger charge is 2.15. The molecule has 0 saturated carbocycles. The van der Waals surface area contributed by atoms with Crippen molar-refractivity contribution in [3.63, 3.8) is 0 Å². The lowest BCUT2D eigenvalue weighted by Crippen LogP contribution is -2.43. The van der Waals surface area contributed by atoms with Crippen LogP contribution in [0.2, 0.25) is 0 Å². The maximum atomic E-state index is 12.3. The number of nitrogens with zero attached hydrogens (tertiary/aromatic N) is 3. The van der Waals surface area contributed by atoms with Gasteiger partial charge in [-0.2, -0.15) is 0 Å². The minimum atomic E-state index is -0.737. The zero-order chi connectivity index (χ0) is 18.7. The molecule has 0 saturated heterocycles. The van der Waals surface area contributed by atoms with Gasteiger partial charge in [-0.05, 0) is 23.6 Å². The molecule has 0 unspecified atom stereocenters. The van der Waals surface area contributed by atoms with Crippen molar-refractivity contribution in [3.05, 3.63) is 74.9 Å². The Labute approximate surface area is 149 Å². The highest BCUT2D eigenvalue weighted by Crippen LogP contribution is 2.13. The van der Waals surface area contributed by atoms with Crippen LogP contribution in [-0.2, 0) is 18.4 Å². The lowest BCUT2D eigenvalue weighted by molar-refractivity contribution is -0.121. The molecular weight excluding hydrogens is 332 g/mol. The maximum Gasteiger partial charge on any atom is 0.317 e. The molecule has 0 aliphatic heterocycles. The van der Waals surface area contributed by atoms with Gasteiger partial charge in [-0.3, -0.25) is 23.5 Å². The van der Waals surface area contributed by atoms with Crippen LogP contribution in [0.25, 0.3) is 11.2 Å². The molecule has 7 nitrogen and oxygen atoms in total. The molecule has 2 aromatic heterocycles. The average Bonchev–Trinajstić information content (AvgIpc) is 2.68. The van der Waals surface area contributed by atoms with Gasteiger partial charge in [-0.1, -0.05) is 37.3 Å². The zero-order valence-electron chi connectivity index (χ0n) is 14.7. The first-order valence-corrected chi connectivity index (χ1v) is 8.35. The molecule has 0 fully saturated rings. The third kappa shape index (κ3) is 3.42. The molecule has 0 bridgehead atoms. The Morgan fingerprint density at radius 3 is 2.58 bits per heavy atom. The van der Waals surface area contributed by atoms with E-state index in [1.54, 1.807) is 12.1 Å². The van der Waals surface area contributed by atoms with Gasteiger partial charge in [0.1, 0.15) is 6.54 Å². The van der Waals surface area contributed by atoms with Crippen LogP contribution in [0.15, 0.2) is 58.3 Å². The third-order valence-corrected chi connectivity index (χ3v) is 4.38. The molecule has 2 heterocycles. The largest absolute Gasteiger partial charge is 0.354 e. The lowest BCUT2D eigenvalue weighted by Gasteiger charge is -2.15. The molecule has 3 rings (SSSR count). The van der Waals surface area contributed by atoms with Gasteiger partial charge in [0.2, 0.25) is 5.91 Å². The Morgan fingerprint density at radius 1 is 1.12 bits per heavy atom. The van der Waals surface area contributed by atoms with Crippen LogP contribution in [0.4, 0.5) is 0 Å². The molecule has 26 heavy (non-hydrogen) atoms. The number of pyridine rings is 1. The van der Waals surface area contributed by atoms with E-state index in [1.165, 1.54) is 22.4 Å². The Morgan fingerprint density at radius 2 is 1.85 bits per heavy atom. The van der Waals surface area contributed by atoms with E-state index >= 15 is 0 Å². The zero-order valence-corrected chi connectivity index (χ0v) is 14.7. The standard InChI is InChI=1S/C19H20N4O3/c1-13(14-7-4-3-5-8-14)11-21-16(24)12-23-15-9-6-10-20-17(15)22(2)18(25)19(23)26/h3-10,13H,11-12H2,1-2H3,(H,21,24)/t13-/m0/s1. The van der Waals surface area contributed by atoms with E-state index in [-0.39, 0.29) is 18.4 Å². The number of hydrogen-bond donors (Lipinski definition) is 1. The third-order valence-electron chi connectivity index (χ3n) is 4.38. The summed E-state index contributed by atoms with van der Waals surface area (Å²) in [5.74, 6) is -0.188. The van der Waals surface area contributed by atoms with Gasteiger partial charge in [0, 0.05) is 19.8 Å². The van der Waals surface area contributed by atoms with Crippen LogP contribution < -0.4 is 16.4 Å². The van der Waals surface area contributed by atoms with Crippen molar-refractivity contribution in [2.45, 2.75) is 19.4 Å². The number of aryl methyl sites for hydroxylation is 1. The summed E-state index contributed by atoms with van der Waals surface area (Å²) in [6.45, 7) is 2.23. The molecule has 0 radical (unpaired) electrons. The van der Waals surface area contributed by atoms with Crippen molar-refractivity contribution in [2.75, 3.05) is 6.54 Å². The van der Waals surface area contributed by atoms with Crippen molar-refractivity contribution >= 4 is 17.1 Å². The fraction of sp³-hybridized carbons (Fsp3) is 0.263. The molecule has 1 amide bonds. The summed E-state index contributed by atoms with van der Waals surface area (Å²) in [7, 11) is 1.49. The summed E-state index contributed by atoms with van der Waals surface area (Å²) in [6.07, 6.45) is 1.54. The molecule has 0 aliphatic carbocycles. The predicted molar refractivity (Wildman–Crippen MR) is 99.1 cm³/mol. The van der Waals surface area contributed by atoms with E-state index in [4.69, 9.17) is 0 Å². The highest BCUT2D eigenvalue weighted by molar-refractivity contribution is 5.78. The number of rotatable bonds is 5. The number of carbonyl (C=O) groups excluding carboxylic acids is 1. The summed E-state index contributed by atoms with van der Waals surface area (Å²) in [6, 6.07) is 13.2. The van der Waals surface area contributed by atoms with Gasteiger partial charge < -0.3 is 5.32 Å². The second-order valence-corrected chi connectivity index (χ2v) is 6.22. The van der Waals surface area contributed by atoms with E-state index in [9.17, 15) is 14.4 Å². The van der Waals surface area contributed by atoms with Gasteiger partial charge in [-0.25, -0.2) is 4.98 Å². The molecular formula is C19H20N4O3. The first-order chi connectivity index (χ1) is 12.5. The van der Waals surface area contributed by atoms with Crippen LogP contribution in [-0.4, -0.2) is 26.6 Å². The Kier molecular flexibility index (Phi) is 4.97. The summed E-state index contributed by atoms with van der Waals surface area (Å²) in [5, 5.41) is 2.83. The Bertz CT molecular complexity index is 1050. The number of hydrogen-bond acceptors (Lipinski definition) is 4. The minimum absolute atomic E-state index is 0.138.